The van der Waals surface area contributed by atoms with Crippen LogP contribution in [0, 0.1) is 0 Å². The van der Waals surface area contributed by atoms with Crippen molar-refractivity contribution >= 4 is 30.9 Å². The summed E-state index contributed by atoms with van der Waals surface area (Å²) in [6.45, 7) is 12.7. The third-order valence-corrected chi connectivity index (χ3v) is 11.0. The molecule has 10 heteroatoms. The number of hydrogen-bond donors (Lipinski definition) is 1. The summed E-state index contributed by atoms with van der Waals surface area (Å²) in [6, 6.07) is 7.57. The minimum Gasteiger partial charge on any atom is -0.481 e. The number of cyclic esters (lactones) is 1. The number of fused-ring (bicyclic) bond motifs is 5. The number of ether oxygens (including phenoxy) is 3. The van der Waals surface area contributed by atoms with E-state index in [9.17, 15) is 19.5 Å². The second-order valence-electron chi connectivity index (χ2n) is 11.3. The van der Waals surface area contributed by atoms with Gasteiger partial charge in [-0.2, -0.15) is 0 Å². The van der Waals surface area contributed by atoms with E-state index in [2.05, 4.69) is 26.6 Å². The van der Waals surface area contributed by atoms with Crippen LogP contribution in [0.4, 0.5) is 0 Å². The molecule has 39 heavy (non-hydrogen) atoms. The molecule has 0 amide bonds. The minimum atomic E-state index is -1.88. The molecule has 2 atom stereocenters. The quantitative estimate of drug-likeness (QED) is 0.271. The van der Waals surface area contributed by atoms with Crippen LogP contribution >= 0.6 is 0 Å². The number of hydrogen-bond acceptors (Lipinski definition) is 8. The molecule has 0 radical (unpaired) electrons. The monoisotopic (exact) mass is 550 g/mol. The molecule has 0 saturated carbocycles. The van der Waals surface area contributed by atoms with Crippen molar-refractivity contribution in [2.75, 3.05) is 13.2 Å². The zero-order valence-corrected chi connectivity index (χ0v) is 24.2. The lowest BCUT2D eigenvalue weighted by molar-refractivity contribution is -0.172. The van der Waals surface area contributed by atoms with Gasteiger partial charge in [-0.1, -0.05) is 39.6 Å². The topological polar surface area (TPSA) is 117 Å². The van der Waals surface area contributed by atoms with Crippen LogP contribution in [0.5, 0.6) is 5.75 Å². The zero-order valence-electron chi connectivity index (χ0n) is 23.2. The molecule has 5 rings (SSSR count). The fourth-order valence-corrected chi connectivity index (χ4v) is 6.51. The molecular weight excluding hydrogens is 516 g/mol. The van der Waals surface area contributed by atoms with Gasteiger partial charge in [0, 0.05) is 16.5 Å². The van der Waals surface area contributed by atoms with Crippen LogP contribution in [0.2, 0.25) is 19.6 Å². The summed E-state index contributed by atoms with van der Waals surface area (Å²) in [7, 11) is -1.64. The summed E-state index contributed by atoms with van der Waals surface area (Å²) in [5, 5.41) is 11.9. The number of carbonyl (C=O) groups is 2. The van der Waals surface area contributed by atoms with Gasteiger partial charge in [-0.3, -0.25) is 4.79 Å². The first kappa shape index (κ1) is 27.1. The molecule has 0 aliphatic carbocycles. The van der Waals surface area contributed by atoms with E-state index < -0.39 is 25.6 Å². The van der Waals surface area contributed by atoms with Gasteiger partial charge in [0.2, 0.25) is 0 Å². The molecule has 2 aliphatic heterocycles. The number of aromatic nitrogens is 2. The molecule has 2 aliphatic rings. The Balaban J connectivity index is 1.72. The zero-order chi connectivity index (χ0) is 28.3. The van der Waals surface area contributed by atoms with E-state index in [1.165, 1.54) is 0 Å². The van der Waals surface area contributed by atoms with Crippen LogP contribution in [0.25, 0.3) is 22.3 Å². The van der Waals surface area contributed by atoms with E-state index in [4.69, 9.17) is 19.2 Å². The molecule has 4 heterocycles. The lowest BCUT2D eigenvalue weighted by Crippen LogP contribution is -2.44. The van der Waals surface area contributed by atoms with Crippen LogP contribution in [0.1, 0.15) is 55.0 Å². The molecule has 0 fully saturated rings. The number of pyridine rings is 2. The highest BCUT2D eigenvalue weighted by atomic mass is 28.3. The Labute approximate surface area is 227 Å². The van der Waals surface area contributed by atoms with Crippen molar-refractivity contribution in [2.45, 2.75) is 71.1 Å². The third-order valence-electron chi connectivity index (χ3n) is 8.08. The van der Waals surface area contributed by atoms with Crippen LogP contribution in [0.3, 0.4) is 0 Å². The Morgan fingerprint density at radius 3 is 2.64 bits per heavy atom. The summed E-state index contributed by atoms with van der Waals surface area (Å²) in [5.74, 6) is -0.688. The van der Waals surface area contributed by atoms with Gasteiger partial charge in [-0.15, -0.1) is 0 Å². The molecule has 2 aromatic heterocycles. The number of nitrogens with zero attached hydrogens (tertiary/aromatic N) is 2. The highest BCUT2D eigenvalue weighted by molar-refractivity contribution is 6.77. The van der Waals surface area contributed by atoms with E-state index in [1.54, 1.807) is 24.5 Å². The van der Waals surface area contributed by atoms with Crippen molar-refractivity contribution in [1.82, 2.24) is 9.55 Å². The molecule has 9 nitrogen and oxygen atoms in total. The highest BCUT2D eigenvalue weighted by Gasteiger charge is 2.45. The van der Waals surface area contributed by atoms with E-state index in [1.807, 2.05) is 18.2 Å². The number of esters is 2. The average Bonchev–Trinajstić information content (AvgIpc) is 3.25. The first-order valence-electron chi connectivity index (χ1n) is 13.3. The molecule has 206 valence electrons. The largest absolute Gasteiger partial charge is 0.481 e. The molecule has 0 bridgehead atoms. The lowest BCUT2D eigenvalue weighted by atomic mass is 9.86. The minimum absolute atomic E-state index is 0.0821. The molecule has 3 aromatic rings. The van der Waals surface area contributed by atoms with E-state index in [0.717, 1.165) is 22.0 Å². The fraction of sp³-hybridized carbons (Fsp3) is 0.448. The smallest absolute Gasteiger partial charge is 0.344 e. The van der Waals surface area contributed by atoms with Gasteiger partial charge in [-0.05, 0) is 42.6 Å². The first-order chi connectivity index (χ1) is 18.4. The van der Waals surface area contributed by atoms with Crippen molar-refractivity contribution < 1.29 is 28.9 Å². The van der Waals surface area contributed by atoms with E-state index in [-0.39, 0.29) is 55.0 Å². The molecule has 1 N–H and O–H groups in total. The predicted octanol–water partition coefficient (Wildman–Crippen LogP) is 4.00. The van der Waals surface area contributed by atoms with Gasteiger partial charge in [0.1, 0.15) is 12.4 Å². The molecule has 1 unspecified atom stereocenters. The molecule has 1 aromatic carbocycles. The number of rotatable bonds is 7. The van der Waals surface area contributed by atoms with E-state index >= 15 is 0 Å². The maximum Gasteiger partial charge on any atom is 0.344 e. The van der Waals surface area contributed by atoms with Crippen LogP contribution in [-0.4, -0.2) is 47.9 Å². The molecule has 0 spiro atoms. The standard InChI is InChI=1S/C29H34N2O7Si/c1-7-29(35)21-12-22-25-17(13-31(22)27(33)20(21)14-38-28(29)34)11-19-23(37-15-24(32)36-8-2)10-9-18(26(19)30-25)16(3)39(4,5)6/h9-12,16,35H,7-8,13-15H2,1-6H3/t16?,29-/m0/s1. The second-order valence-corrected chi connectivity index (χ2v) is 16.9. The Morgan fingerprint density at radius 2 is 1.97 bits per heavy atom. The maximum atomic E-state index is 13.6. The Bertz CT molecular complexity index is 1570. The molecular formula is C29H34N2O7Si. The maximum absolute atomic E-state index is 13.6. The van der Waals surface area contributed by atoms with Crippen LogP contribution in [0.15, 0.2) is 29.1 Å². The SMILES string of the molecule is CCOC(=O)COc1ccc(C(C)[Si](C)(C)C)c2nc3c(cc12)Cn1c-3cc2c(c1=O)COC(=O)[C@]2(O)CC. The average molecular weight is 551 g/mol. The van der Waals surface area contributed by atoms with Crippen LogP contribution < -0.4 is 10.3 Å². The number of benzene rings is 1. The predicted molar refractivity (Wildman–Crippen MR) is 148 cm³/mol. The Hall–Kier alpha value is -3.50. The summed E-state index contributed by atoms with van der Waals surface area (Å²) in [4.78, 5) is 43.2. The van der Waals surface area contributed by atoms with Crippen molar-refractivity contribution in [1.29, 1.82) is 0 Å². The number of aliphatic hydroxyl groups is 1. The van der Waals surface area contributed by atoms with E-state index in [0.29, 0.717) is 17.1 Å². The third kappa shape index (κ3) is 4.35. The Kier molecular flexibility index (Phi) is 6.67. The second kappa shape index (κ2) is 9.60. The highest BCUT2D eigenvalue weighted by Crippen LogP contribution is 2.42. The van der Waals surface area contributed by atoms with Gasteiger partial charge in [-0.25, -0.2) is 14.6 Å². The van der Waals surface area contributed by atoms with Crippen molar-refractivity contribution in [3.63, 3.8) is 0 Å². The van der Waals surface area contributed by atoms with Gasteiger partial charge in [0.25, 0.3) is 5.56 Å². The normalized spacial score (nSPS) is 18.7. The molecule has 0 saturated heterocycles. The van der Waals surface area contributed by atoms with Crippen molar-refractivity contribution in [2.24, 2.45) is 0 Å². The van der Waals surface area contributed by atoms with Crippen molar-refractivity contribution in [3.05, 3.63) is 56.9 Å². The summed E-state index contributed by atoms with van der Waals surface area (Å²) < 4.78 is 17.7. The fourth-order valence-electron chi connectivity index (χ4n) is 5.34. The van der Waals surface area contributed by atoms with Gasteiger partial charge in [0.05, 0.1) is 43.7 Å². The van der Waals surface area contributed by atoms with Gasteiger partial charge < -0.3 is 23.9 Å². The van der Waals surface area contributed by atoms with Gasteiger partial charge in [0.15, 0.2) is 12.2 Å². The summed E-state index contributed by atoms with van der Waals surface area (Å²) in [6.07, 6.45) is 0.0821. The summed E-state index contributed by atoms with van der Waals surface area (Å²) >= 11 is 0. The van der Waals surface area contributed by atoms with Crippen molar-refractivity contribution in [3.8, 4) is 17.1 Å². The summed E-state index contributed by atoms with van der Waals surface area (Å²) in [5.41, 5.74) is 2.46. The lowest BCUT2D eigenvalue weighted by Gasteiger charge is -2.31. The Morgan fingerprint density at radius 1 is 1.23 bits per heavy atom. The number of carbonyl (C=O) groups excluding carboxylic acids is 2. The van der Waals surface area contributed by atoms with Gasteiger partial charge >= 0.3 is 11.9 Å². The first-order valence-corrected chi connectivity index (χ1v) is 16.9. The van der Waals surface area contributed by atoms with Crippen LogP contribution in [-0.2, 0) is 37.8 Å².